The van der Waals surface area contributed by atoms with Crippen LogP contribution in [0.1, 0.15) is 54.4 Å². The molecule has 1 aliphatic rings. The van der Waals surface area contributed by atoms with E-state index in [1.54, 1.807) is 0 Å². The van der Waals surface area contributed by atoms with E-state index >= 15 is 0 Å². The summed E-state index contributed by atoms with van der Waals surface area (Å²) in [6.07, 6.45) is 1.39. The lowest BCUT2D eigenvalue weighted by Crippen LogP contribution is -2.42. The molecule has 0 unspecified atom stereocenters. The molecule has 0 N–H and O–H groups in total. The lowest BCUT2D eigenvalue weighted by atomic mass is 9.79. The molecule has 1 rings (SSSR count). The van der Waals surface area contributed by atoms with Crippen LogP contribution in [0.5, 0.6) is 0 Å². The zero-order valence-electron chi connectivity index (χ0n) is 13.9. The van der Waals surface area contributed by atoms with Crippen LogP contribution in [0.3, 0.4) is 0 Å². The van der Waals surface area contributed by atoms with Gasteiger partial charge in [-0.2, -0.15) is 0 Å². The molecule has 4 nitrogen and oxygen atoms in total. The molecule has 0 amide bonds. The summed E-state index contributed by atoms with van der Waals surface area (Å²) in [4.78, 5) is 17.6. The second-order valence-corrected chi connectivity index (χ2v) is 11.4. The van der Waals surface area contributed by atoms with Gasteiger partial charge in [-0.15, -0.1) is 0 Å². The lowest BCUT2D eigenvalue weighted by molar-refractivity contribution is -0.298. The Morgan fingerprint density at radius 3 is 2.20 bits per heavy atom. The summed E-state index contributed by atoms with van der Waals surface area (Å²) < 4.78 is 11.0. The fourth-order valence-corrected chi connectivity index (χ4v) is 5.16. The molecule has 0 aromatic heterocycles. The second-order valence-electron chi connectivity index (χ2n) is 6.79. The molecule has 1 atom stereocenters. The molecule has 20 heavy (non-hydrogen) atoms. The highest BCUT2D eigenvalue weighted by molar-refractivity contribution is 6.73. The zero-order chi connectivity index (χ0) is 15.4. The Morgan fingerprint density at radius 1 is 1.25 bits per heavy atom. The Balaban J connectivity index is 2.63. The monoisotopic (exact) mass is 302 g/mol. The number of hydrogen-bond acceptors (Lipinski definition) is 4. The van der Waals surface area contributed by atoms with Gasteiger partial charge < -0.3 is 4.74 Å². The Morgan fingerprint density at radius 2 is 1.80 bits per heavy atom. The molecule has 1 fully saturated rings. The number of carbonyl (C=O) groups is 1. The minimum Gasteiger partial charge on any atom is -0.465 e. The Hall–Kier alpha value is -0.393. The average molecular weight is 302 g/mol. The van der Waals surface area contributed by atoms with E-state index in [1.807, 2.05) is 20.8 Å². The third-order valence-electron chi connectivity index (χ3n) is 4.57. The van der Waals surface area contributed by atoms with Gasteiger partial charge in [0.25, 0.3) is 0 Å². The first-order chi connectivity index (χ1) is 9.22. The van der Waals surface area contributed by atoms with Gasteiger partial charge in [-0.25, -0.2) is 4.89 Å². The van der Waals surface area contributed by atoms with Crippen molar-refractivity contribution >= 4 is 14.3 Å². The summed E-state index contributed by atoms with van der Waals surface area (Å²) >= 11 is 0. The van der Waals surface area contributed by atoms with Gasteiger partial charge >= 0.3 is 5.97 Å². The maximum Gasteiger partial charge on any atom is 0.312 e. The van der Waals surface area contributed by atoms with Crippen molar-refractivity contribution in [3.63, 3.8) is 0 Å². The van der Waals surface area contributed by atoms with Crippen LogP contribution in [0, 0.1) is 5.41 Å². The van der Waals surface area contributed by atoms with Crippen LogP contribution in [0.15, 0.2) is 0 Å². The first-order valence-electron chi connectivity index (χ1n) is 7.76. The Bertz CT molecular complexity index is 331. The van der Waals surface area contributed by atoms with Gasteiger partial charge in [-0.1, -0.05) is 20.8 Å². The second kappa shape index (κ2) is 6.58. The summed E-state index contributed by atoms with van der Waals surface area (Å²) in [6, 6.07) is 3.15. The third-order valence-corrected chi connectivity index (χ3v) is 8.88. The van der Waals surface area contributed by atoms with Crippen LogP contribution in [0.4, 0.5) is 0 Å². The summed E-state index contributed by atoms with van der Waals surface area (Å²) in [5.41, 5.74) is -0.919. The minimum absolute atomic E-state index is 0.112. The van der Waals surface area contributed by atoms with Crippen molar-refractivity contribution in [3.05, 3.63) is 0 Å². The van der Waals surface area contributed by atoms with Crippen LogP contribution in [0.25, 0.3) is 0 Å². The van der Waals surface area contributed by atoms with Crippen molar-refractivity contribution < 1.29 is 19.0 Å². The largest absolute Gasteiger partial charge is 0.465 e. The number of rotatable bonds is 8. The highest BCUT2D eigenvalue weighted by atomic mass is 28.4. The standard InChI is InChI=1S/C15H30O4Si/c1-7-20(8-2,9-3)19-18-14(4,5)12-15(6)10-11-17-13(15)16/h7-12H2,1-6H3/t15-/m0/s1. The fourth-order valence-electron chi connectivity index (χ4n) is 2.90. The molecule has 0 spiro atoms. The van der Waals surface area contributed by atoms with Gasteiger partial charge in [0.15, 0.2) is 0 Å². The Labute approximate surface area is 124 Å². The summed E-state index contributed by atoms with van der Waals surface area (Å²) in [5, 5.41) is 0. The van der Waals surface area contributed by atoms with E-state index in [9.17, 15) is 4.79 Å². The van der Waals surface area contributed by atoms with Crippen LogP contribution >= 0.6 is 0 Å². The highest BCUT2D eigenvalue weighted by Gasteiger charge is 2.45. The van der Waals surface area contributed by atoms with Gasteiger partial charge in [0.1, 0.15) is 0 Å². The van der Waals surface area contributed by atoms with Gasteiger partial charge in [0.05, 0.1) is 17.6 Å². The molecular formula is C15H30O4Si. The molecule has 118 valence electrons. The summed E-state index contributed by atoms with van der Waals surface area (Å²) in [7, 11) is -1.76. The molecule has 1 heterocycles. The van der Waals surface area contributed by atoms with Crippen molar-refractivity contribution in [2.24, 2.45) is 5.41 Å². The predicted molar refractivity (Wildman–Crippen MR) is 81.7 cm³/mol. The van der Waals surface area contributed by atoms with E-state index in [1.165, 1.54) is 0 Å². The topological polar surface area (TPSA) is 44.8 Å². The quantitative estimate of drug-likeness (QED) is 0.293. The summed E-state index contributed by atoms with van der Waals surface area (Å²) in [6.45, 7) is 13.0. The molecule has 0 bridgehead atoms. The fraction of sp³-hybridized carbons (Fsp3) is 0.933. The highest BCUT2D eigenvalue weighted by Crippen LogP contribution is 2.39. The van der Waals surface area contributed by atoms with E-state index in [0.29, 0.717) is 13.0 Å². The van der Waals surface area contributed by atoms with Crippen LogP contribution in [-0.4, -0.2) is 26.5 Å². The SMILES string of the molecule is CC[Si](CC)(CC)OOC(C)(C)C[C@]1(C)CCOC1=O. The van der Waals surface area contributed by atoms with Gasteiger partial charge in [-0.3, -0.25) is 9.37 Å². The maximum absolute atomic E-state index is 11.8. The molecule has 0 aromatic carbocycles. The van der Waals surface area contributed by atoms with Crippen molar-refractivity contribution in [1.82, 2.24) is 0 Å². The van der Waals surface area contributed by atoms with Gasteiger partial charge in [0, 0.05) is 0 Å². The van der Waals surface area contributed by atoms with Crippen LogP contribution in [-0.2, 0) is 19.0 Å². The first-order valence-corrected chi connectivity index (χ1v) is 10.3. The van der Waals surface area contributed by atoms with Crippen molar-refractivity contribution in [3.8, 4) is 0 Å². The van der Waals surface area contributed by atoms with E-state index < -0.39 is 19.3 Å². The first kappa shape index (κ1) is 17.7. The van der Waals surface area contributed by atoms with Crippen molar-refractivity contribution in [1.29, 1.82) is 0 Å². The van der Waals surface area contributed by atoms with E-state index in [2.05, 4.69) is 20.8 Å². The third kappa shape index (κ3) is 4.05. The van der Waals surface area contributed by atoms with E-state index in [0.717, 1.165) is 24.6 Å². The molecule has 0 aromatic rings. The molecule has 1 aliphatic heterocycles. The normalized spacial score (nSPS) is 24.0. The van der Waals surface area contributed by atoms with Crippen molar-refractivity contribution in [2.75, 3.05) is 6.61 Å². The van der Waals surface area contributed by atoms with Gasteiger partial charge in [0.2, 0.25) is 8.32 Å². The van der Waals surface area contributed by atoms with E-state index in [-0.39, 0.29) is 5.97 Å². The van der Waals surface area contributed by atoms with Crippen LogP contribution in [0.2, 0.25) is 18.1 Å². The van der Waals surface area contributed by atoms with Crippen molar-refractivity contribution in [2.45, 2.75) is 78.1 Å². The molecular weight excluding hydrogens is 272 g/mol. The summed E-state index contributed by atoms with van der Waals surface area (Å²) in [5.74, 6) is -0.112. The van der Waals surface area contributed by atoms with E-state index in [4.69, 9.17) is 14.2 Å². The number of hydrogen-bond donors (Lipinski definition) is 0. The number of carbonyl (C=O) groups excluding carboxylic acids is 1. The molecule has 1 saturated heterocycles. The molecule has 5 heteroatoms. The maximum atomic E-state index is 11.8. The van der Waals surface area contributed by atoms with Gasteiger partial charge in [-0.05, 0) is 51.7 Å². The predicted octanol–water partition coefficient (Wildman–Crippen LogP) is 4.06. The average Bonchev–Trinajstić information content (AvgIpc) is 2.71. The molecule has 0 radical (unpaired) electrons. The lowest BCUT2D eigenvalue weighted by Gasteiger charge is -2.35. The zero-order valence-corrected chi connectivity index (χ0v) is 14.9. The minimum atomic E-state index is -1.76. The smallest absolute Gasteiger partial charge is 0.312 e. The molecule has 0 aliphatic carbocycles. The number of ether oxygens (including phenoxy) is 1. The van der Waals surface area contributed by atoms with Crippen LogP contribution < -0.4 is 0 Å². The number of esters is 1. The Kier molecular flexibility index (Phi) is 5.81. The number of cyclic esters (lactones) is 1. The molecule has 0 saturated carbocycles.